The second kappa shape index (κ2) is 13.2. The van der Waals surface area contributed by atoms with Crippen LogP contribution in [0.5, 0.6) is 0 Å². The molecule has 0 spiro atoms. The maximum absolute atomic E-state index is 14.1. The summed E-state index contributed by atoms with van der Waals surface area (Å²) in [6.45, 7) is 7.07. The van der Waals surface area contributed by atoms with Gasteiger partial charge in [0.2, 0.25) is 11.8 Å². The van der Waals surface area contributed by atoms with Gasteiger partial charge in [0.15, 0.2) is 0 Å². The Hall–Kier alpha value is -3.17. The third-order valence-corrected chi connectivity index (χ3v) is 10.2. The predicted molar refractivity (Wildman–Crippen MR) is 166 cm³/mol. The Morgan fingerprint density at radius 3 is 2.22 bits per heavy atom. The van der Waals surface area contributed by atoms with Gasteiger partial charge in [-0.1, -0.05) is 70.7 Å². The molecule has 41 heavy (non-hydrogen) atoms. The number of halogens is 1. The minimum Gasteiger partial charge on any atom is -0.352 e. The summed E-state index contributed by atoms with van der Waals surface area (Å²) in [4.78, 5) is 29.1. The van der Waals surface area contributed by atoms with Crippen molar-refractivity contribution in [2.75, 3.05) is 10.8 Å². The molecule has 0 heterocycles. The van der Waals surface area contributed by atoms with Crippen LogP contribution < -0.4 is 9.62 Å². The Bertz CT molecular complexity index is 1480. The molecule has 1 saturated carbocycles. The molecule has 7 nitrogen and oxygen atoms in total. The lowest BCUT2D eigenvalue weighted by atomic mass is 10.1. The minimum absolute atomic E-state index is 0.0999. The molecule has 4 rings (SSSR count). The molecular formula is C32H38BrN3O4S. The van der Waals surface area contributed by atoms with E-state index in [4.69, 9.17) is 0 Å². The first-order valence-electron chi connectivity index (χ1n) is 14.0. The molecule has 0 radical (unpaired) electrons. The van der Waals surface area contributed by atoms with Crippen molar-refractivity contribution in [3.05, 3.63) is 93.5 Å². The first kappa shape index (κ1) is 30.8. The van der Waals surface area contributed by atoms with Crippen LogP contribution in [0.1, 0.15) is 54.9 Å². The molecule has 2 amide bonds. The lowest BCUT2D eigenvalue weighted by Gasteiger charge is -2.33. The van der Waals surface area contributed by atoms with Gasteiger partial charge in [0.25, 0.3) is 10.0 Å². The lowest BCUT2D eigenvalue weighted by Crippen LogP contribution is -2.52. The monoisotopic (exact) mass is 639 g/mol. The Labute approximate surface area is 252 Å². The van der Waals surface area contributed by atoms with Gasteiger partial charge in [0, 0.05) is 17.1 Å². The van der Waals surface area contributed by atoms with Gasteiger partial charge in [-0.05, 0) is 87.6 Å². The summed E-state index contributed by atoms with van der Waals surface area (Å²) in [7, 11) is -4.10. The van der Waals surface area contributed by atoms with Crippen LogP contribution in [0.15, 0.2) is 76.1 Å². The highest BCUT2D eigenvalue weighted by Gasteiger charge is 2.34. The van der Waals surface area contributed by atoms with Crippen molar-refractivity contribution in [3.8, 4) is 0 Å². The van der Waals surface area contributed by atoms with E-state index in [1.807, 2.05) is 51.1 Å². The largest absolute Gasteiger partial charge is 0.352 e. The van der Waals surface area contributed by atoms with E-state index in [0.717, 1.165) is 52.4 Å². The van der Waals surface area contributed by atoms with Crippen LogP contribution in [0.3, 0.4) is 0 Å². The average molecular weight is 641 g/mol. The quantitative estimate of drug-likeness (QED) is 0.293. The molecule has 1 atom stereocenters. The summed E-state index contributed by atoms with van der Waals surface area (Å²) in [6.07, 6.45) is 3.99. The highest BCUT2D eigenvalue weighted by atomic mass is 79.9. The number of rotatable bonds is 10. The van der Waals surface area contributed by atoms with Crippen LogP contribution in [-0.4, -0.2) is 43.8 Å². The summed E-state index contributed by atoms with van der Waals surface area (Å²) in [5, 5.41) is 3.10. The Kier molecular flexibility index (Phi) is 9.92. The zero-order valence-electron chi connectivity index (χ0n) is 24.1. The SMILES string of the molecule is Cc1ccc(S(=O)(=O)N(CC(=O)N(Cc2ccc(Br)cc2)[C@@H](C)C(=O)NC2CCCC2)c2cccc(C)c2C)cc1. The molecule has 9 heteroatoms. The van der Waals surface area contributed by atoms with Crippen molar-refractivity contribution in [1.82, 2.24) is 10.2 Å². The molecule has 0 unspecified atom stereocenters. The number of aryl methyl sites for hydroxylation is 2. The summed E-state index contributed by atoms with van der Waals surface area (Å²) in [5.74, 6) is -0.694. The molecule has 1 aliphatic rings. The first-order chi connectivity index (χ1) is 19.5. The van der Waals surface area contributed by atoms with Crippen molar-refractivity contribution >= 4 is 43.5 Å². The number of nitrogens with one attached hydrogen (secondary N) is 1. The van der Waals surface area contributed by atoms with Gasteiger partial charge in [0.1, 0.15) is 12.6 Å². The minimum atomic E-state index is -4.10. The first-order valence-corrected chi connectivity index (χ1v) is 16.2. The molecule has 3 aromatic rings. The summed E-state index contributed by atoms with van der Waals surface area (Å²) in [6, 6.07) is 18.9. The third-order valence-electron chi connectivity index (χ3n) is 7.87. The molecule has 1 N–H and O–H groups in total. The van der Waals surface area contributed by atoms with E-state index in [-0.39, 0.29) is 23.4 Å². The Balaban J connectivity index is 1.71. The summed E-state index contributed by atoms with van der Waals surface area (Å²) >= 11 is 3.44. The second-order valence-electron chi connectivity index (χ2n) is 10.9. The summed E-state index contributed by atoms with van der Waals surface area (Å²) in [5.41, 5.74) is 3.88. The van der Waals surface area contributed by atoms with Crippen LogP contribution >= 0.6 is 15.9 Å². The van der Waals surface area contributed by atoms with Crippen molar-refractivity contribution in [2.45, 2.75) is 76.9 Å². The Morgan fingerprint density at radius 1 is 0.951 bits per heavy atom. The third kappa shape index (κ3) is 7.38. The van der Waals surface area contributed by atoms with Crippen LogP contribution in [0.2, 0.25) is 0 Å². The highest BCUT2D eigenvalue weighted by Crippen LogP contribution is 2.29. The zero-order valence-corrected chi connectivity index (χ0v) is 26.5. The molecule has 218 valence electrons. The maximum atomic E-state index is 14.1. The van der Waals surface area contributed by atoms with Gasteiger partial charge in [-0.15, -0.1) is 0 Å². The van der Waals surface area contributed by atoms with E-state index in [2.05, 4.69) is 21.2 Å². The molecule has 1 fully saturated rings. The van der Waals surface area contributed by atoms with Crippen molar-refractivity contribution in [1.29, 1.82) is 0 Å². The summed E-state index contributed by atoms with van der Waals surface area (Å²) < 4.78 is 30.2. The van der Waals surface area contributed by atoms with Crippen LogP contribution in [0.4, 0.5) is 5.69 Å². The van der Waals surface area contributed by atoms with Gasteiger partial charge in [-0.2, -0.15) is 0 Å². The fourth-order valence-corrected chi connectivity index (χ4v) is 6.85. The van der Waals surface area contributed by atoms with Crippen molar-refractivity contribution in [3.63, 3.8) is 0 Å². The van der Waals surface area contributed by atoms with Gasteiger partial charge < -0.3 is 10.2 Å². The second-order valence-corrected chi connectivity index (χ2v) is 13.6. The van der Waals surface area contributed by atoms with E-state index in [0.29, 0.717) is 5.69 Å². The zero-order chi connectivity index (χ0) is 29.7. The van der Waals surface area contributed by atoms with Gasteiger partial charge in [-0.3, -0.25) is 13.9 Å². The number of nitrogens with zero attached hydrogens (tertiary/aromatic N) is 2. The molecule has 0 saturated heterocycles. The van der Waals surface area contributed by atoms with E-state index < -0.39 is 28.5 Å². The fourth-order valence-electron chi connectivity index (χ4n) is 5.12. The smallest absolute Gasteiger partial charge is 0.264 e. The number of carbonyl (C=O) groups excluding carboxylic acids is 2. The number of amides is 2. The number of sulfonamides is 1. The average Bonchev–Trinajstić information content (AvgIpc) is 3.46. The molecule has 3 aromatic carbocycles. The van der Waals surface area contributed by atoms with E-state index in [1.54, 1.807) is 43.3 Å². The van der Waals surface area contributed by atoms with Crippen LogP contribution in [-0.2, 0) is 26.2 Å². The van der Waals surface area contributed by atoms with Gasteiger partial charge in [0.05, 0.1) is 10.6 Å². The molecule has 0 aliphatic heterocycles. The Morgan fingerprint density at radius 2 is 1.59 bits per heavy atom. The normalized spacial score (nSPS) is 14.5. The van der Waals surface area contributed by atoms with Crippen LogP contribution in [0.25, 0.3) is 0 Å². The maximum Gasteiger partial charge on any atom is 0.264 e. The number of benzene rings is 3. The van der Waals surface area contributed by atoms with E-state index >= 15 is 0 Å². The van der Waals surface area contributed by atoms with E-state index in [1.165, 1.54) is 9.21 Å². The number of anilines is 1. The van der Waals surface area contributed by atoms with Gasteiger partial charge in [-0.25, -0.2) is 8.42 Å². The predicted octanol–water partition coefficient (Wildman–Crippen LogP) is 6.05. The standard InChI is InChI=1S/C32H38BrN3O4S/c1-22-12-18-29(19-13-22)41(39,40)36(30-11-7-8-23(2)24(30)3)21-31(37)35(20-26-14-16-27(33)17-15-26)25(4)32(38)34-28-9-5-6-10-28/h7-8,11-19,25,28H,5-6,9-10,20-21H2,1-4H3,(H,34,38)/t25-/m0/s1. The topological polar surface area (TPSA) is 86.8 Å². The molecule has 1 aliphatic carbocycles. The number of hydrogen-bond acceptors (Lipinski definition) is 4. The molecular weight excluding hydrogens is 602 g/mol. The van der Waals surface area contributed by atoms with Crippen LogP contribution in [0, 0.1) is 20.8 Å². The van der Waals surface area contributed by atoms with Crippen molar-refractivity contribution in [2.24, 2.45) is 0 Å². The molecule has 0 aromatic heterocycles. The fraction of sp³-hybridized carbons (Fsp3) is 0.375. The van der Waals surface area contributed by atoms with Crippen molar-refractivity contribution < 1.29 is 18.0 Å². The lowest BCUT2D eigenvalue weighted by molar-refractivity contribution is -0.139. The van der Waals surface area contributed by atoms with Gasteiger partial charge >= 0.3 is 0 Å². The molecule has 0 bridgehead atoms. The number of hydrogen-bond donors (Lipinski definition) is 1. The van der Waals surface area contributed by atoms with E-state index in [9.17, 15) is 18.0 Å². The number of carbonyl (C=O) groups is 2. The highest BCUT2D eigenvalue weighted by molar-refractivity contribution is 9.10.